The van der Waals surface area contributed by atoms with E-state index in [2.05, 4.69) is 36.3 Å². The van der Waals surface area contributed by atoms with Gasteiger partial charge in [0.25, 0.3) is 0 Å². The van der Waals surface area contributed by atoms with Gasteiger partial charge in [-0.3, -0.25) is 4.79 Å². The first-order valence-electron chi connectivity index (χ1n) is 8.19. The summed E-state index contributed by atoms with van der Waals surface area (Å²) >= 11 is 3.27. The van der Waals surface area contributed by atoms with Crippen LogP contribution < -0.4 is 11.0 Å². The van der Waals surface area contributed by atoms with Crippen LogP contribution >= 0.6 is 15.9 Å². The number of fused-ring (bicyclic) bond motifs is 1. The SMILES string of the molecule is O=C(/C=C/c1ccc(-n2cc(Br)cn2)c(F)c1)Nc1ccc2[nH]c(=O)[nH]c2c1. The molecule has 0 aliphatic carbocycles. The lowest BCUT2D eigenvalue weighted by molar-refractivity contribution is -0.111. The fourth-order valence-corrected chi connectivity index (χ4v) is 3.00. The third-order valence-corrected chi connectivity index (χ3v) is 4.39. The van der Waals surface area contributed by atoms with E-state index in [0.717, 1.165) is 4.47 Å². The molecule has 2 heterocycles. The number of nitrogens with zero attached hydrogens (tertiary/aromatic N) is 2. The minimum Gasteiger partial charge on any atom is -0.322 e. The van der Waals surface area contributed by atoms with E-state index in [9.17, 15) is 14.0 Å². The summed E-state index contributed by atoms with van der Waals surface area (Å²) in [5.74, 6) is -0.835. The van der Waals surface area contributed by atoms with Crippen LogP contribution in [0.25, 0.3) is 22.8 Å². The Hall–Kier alpha value is -3.46. The van der Waals surface area contributed by atoms with Crippen molar-refractivity contribution in [2.75, 3.05) is 5.32 Å². The second-order valence-electron chi connectivity index (χ2n) is 5.98. The van der Waals surface area contributed by atoms with Gasteiger partial charge in [-0.25, -0.2) is 13.9 Å². The van der Waals surface area contributed by atoms with Crippen molar-refractivity contribution in [3.8, 4) is 5.69 Å². The highest BCUT2D eigenvalue weighted by molar-refractivity contribution is 9.10. The molecule has 7 nitrogen and oxygen atoms in total. The number of hydrogen-bond acceptors (Lipinski definition) is 3. The fourth-order valence-electron chi connectivity index (χ4n) is 2.71. The van der Waals surface area contributed by atoms with Crippen LogP contribution in [0.15, 0.2) is 64.1 Å². The first-order chi connectivity index (χ1) is 13.5. The molecular formula is C19H13BrFN5O2. The summed E-state index contributed by atoms with van der Waals surface area (Å²) in [5.41, 5.74) is 2.30. The number of carbonyl (C=O) groups excluding carboxylic acids is 1. The van der Waals surface area contributed by atoms with Crippen molar-refractivity contribution in [3.63, 3.8) is 0 Å². The summed E-state index contributed by atoms with van der Waals surface area (Å²) in [4.78, 5) is 28.6. The lowest BCUT2D eigenvalue weighted by Gasteiger charge is -2.04. The van der Waals surface area contributed by atoms with Crippen LogP contribution in [-0.2, 0) is 4.79 Å². The Kier molecular flexibility index (Phi) is 4.66. The second kappa shape index (κ2) is 7.28. The maximum absolute atomic E-state index is 14.3. The van der Waals surface area contributed by atoms with Crippen LogP contribution in [0.4, 0.5) is 10.1 Å². The molecule has 9 heteroatoms. The van der Waals surface area contributed by atoms with Gasteiger partial charge in [-0.1, -0.05) is 6.07 Å². The number of rotatable bonds is 4. The van der Waals surface area contributed by atoms with Gasteiger partial charge in [-0.2, -0.15) is 5.10 Å². The van der Waals surface area contributed by atoms with E-state index in [-0.39, 0.29) is 11.6 Å². The van der Waals surface area contributed by atoms with E-state index in [4.69, 9.17) is 0 Å². The highest BCUT2D eigenvalue weighted by atomic mass is 79.9. The van der Waals surface area contributed by atoms with E-state index in [0.29, 0.717) is 28.0 Å². The molecule has 28 heavy (non-hydrogen) atoms. The van der Waals surface area contributed by atoms with Gasteiger partial charge < -0.3 is 15.3 Å². The first-order valence-corrected chi connectivity index (χ1v) is 8.98. The van der Waals surface area contributed by atoms with E-state index in [1.54, 1.807) is 42.7 Å². The number of aromatic nitrogens is 4. The summed E-state index contributed by atoms with van der Waals surface area (Å²) < 4.78 is 16.5. The summed E-state index contributed by atoms with van der Waals surface area (Å²) in [6, 6.07) is 9.61. The summed E-state index contributed by atoms with van der Waals surface area (Å²) in [6.45, 7) is 0. The van der Waals surface area contributed by atoms with Gasteiger partial charge in [0.05, 0.1) is 21.7 Å². The summed E-state index contributed by atoms with van der Waals surface area (Å²) in [5, 5.41) is 6.74. The van der Waals surface area contributed by atoms with E-state index in [1.807, 2.05) is 0 Å². The van der Waals surface area contributed by atoms with E-state index < -0.39 is 5.82 Å². The van der Waals surface area contributed by atoms with Crippen LogP contribution in [0.2, 0.25) is 0 Å². The average Bonchev–Trinajstić information content (AvgIpc) is 3.24. The van der Waals surface area contributed by atoms with Crippen LogP contribution in [0.1, 0.15) is 5.56 Å². The molecule has 0 spiro atoms. The molecule has 3 N–H and O–H groups in total. The number of H-pyrrole nitrogens is 2. The molecule has 0 aliphatic heterocycles. The van der Waals surface area contributed by atoms with Gasteiger partial charge in [0.2, 0.25) is 5.91 Å². The molecule has 140 valence electrons. The first kappa shape index (κ1) is 17.9. The minimum absolute atomic E-state index is 0.307. The molecule has 2 aromatic heterocycles. The Morgan fingerprint density at radius 3 is 2.75 bits per heavy atom. The predicted molar refractivity (Wildman–Crippen MR) is 108 cm³/mol. The quantitative estimate of drug-likeness (QED) is 0.422. The summed E-state index contributed by atoms with van der Waals surface area (Å²) in [7, 11) is 0. The monoisotopic (exact) mass is 441 g/mol. The third kappa shape index (κ3) is 3.79. The smallest absolute Gasteiger partial charge is 0.322 e. The molecule has 0 fully saturated rings. The van der Waals surface area contributed by atoms with Crippen LogP contribution in [-0.4, -0.2) is 25.7 Å². The number of aromatic amines is 2. The fraction of sp³-hybridized carbons (Fsp3) is 0. The third-order valence-electron chi connectivity index (χ3n) is 3.98. The highest BCUT2D eigenvalue weighted by Gasteiger charge is 2.07. The van der Waals surface area contributed by atoms with Crippen LogP contribution in [0, 0.1) is 5.82 Å². The van der Waals surface area contributed by atoms with Crippen molar-refractivity contribution in [2.24, 2.45) is 0 Å². The van der Waals surface area contributed by atoms with E-state index in [1.165, 1.54) is 22.9 Å². The zero-order valence-corrected chi connectivity index (χ0v) is 15.8. The maximum Gasteiger partial charge on any atom is 0.323 e. The normalized spacial score (nSPS) is 11.4. The van der Waals surface area contributed by atoms with Gasteiger partial charge in [-0.05, 0) is 57.9 Å². The summed E-state index contributed by atoms with van der Waals surface area (Å²) in [6.07, 6.45) is 6.04. The number of nitrogens with one attached hydrogen (secondary N) is 3. The molecule has 0 aliphatic rings. The standard InChI is InChI=1S/C19H13BrFN5O2/c20-12-9-22-26(10-12)17-5-1-11(7-14(17)21)2-6-18(27)23-13-3-4-15-16(8-13)25-19(28)24-15/h1-10H,(H,23,27)(H2,24,25,28)/b6-2+. The maximum atomic E-state index is 14.3. The number of anilines is 1. The molecule has 4 aromatic rings. The lowest BCUT2D eigenvalue weighted by Crippen LogP contribution is -2.07. The molecule has 0 bridgehead atoms. The Morgan fingerprint density at radius 1 is 1.18 bits per heavy atom. The Bertz CT molecular complexity index is 1270. The van der Waals surface area contributed by atoms with Gasteiger partial charge >= 0.3 is 5.69 Å². The number of halogens is 2. The zero-order valence-electron chi connectivity index (χ0n) is 14.2. The second-order valence-corrected chi connectivity index (χ2v) is 6.89. The van der Waals surface area contributed by atoms with Gasteiger partial charge in [0.15, 0.2) is 0 Å². The molecule has 0 atom stereocenters. The number of amides is 1. The van der Waals surface area contributed by atoms with Gasteiger partial charge in [0.1, 0.15) is 11.5 Å². The molecular weight excluding hydrogens is 429 g/mol. The minimum atomic E-state index is -0.458. The molecule has 4 rings (SSSR count). The topological polar surface area (TPSA) is 95.6 Å². The Labute approximate surface area is 166 Å². The largest absolute Gasteiger partial charge is 0.323 e. The zero-order chi connectivity index (χ0) is 19.7. The molecule has 0 unspecified atom stereocenters. The number of benzene rings is 2. The molecule has 0 saturated heterocycles. The van der Waals surface area contributed by atoms with Crippen molar-refractivity contribution in [1.29, 1.82) is 0 Å². The van der Waals surface area contributed by atoms with Crippen molar-refractivity contribution < 1.29 is 9.18 Å². The average molecular weight is 442 g/mol. The van der Waals surface area contributed by atoms with E-state index >= 15 is 0 Å². The number of hydrogen-bond donors (Lipinski definition) is 3. The Morgan fingerprint density at radius 2 is 2.00 bits per heavy atom. The van der Waals surface area contributed by atoms with Crippen LogP contribution in [0.5, 0.6) is 0 Å². The molecule has 0 saturated carbocycles. The number of imidazole rings is 1. The number of carbonyl (C=O) groups is 1. The van der Waals surface area contributed by atoms with Crippen molar-refractivity contribution >= 4 is 44.6 Å². The van der Waals surface area contributed by atoms with Crippen molar-refractivity contribution in [2.45, 2.75) is 0 Å². The predicted octanol–water partition coefficient (Wildman–Crippen LogP) is 3.60. The molecule has 0 radical (unpaired) electrons. The highest BCUT2D eigenvalue weighted by Crippen LogP contribution is 2.18. The van der Waals surface area contributed by atoms with Crippen molar-refractivity contribution in [3.05, 3.63) is 81.2 Å². The molecule has 2 aromatic carbocycles. The van der Waals surface area contributed by atoms with Gasteiger partial charge in [-0.15, -0.1) is 0 Å². The molecule has 1 amide bonds. The van der Waals surface area contributed by atoms with Crippen molar-refractivity contribution in [1.82, 2.24) is 19.7 Å². The van der Waals surface area contributed by atoms with Crippen LogP contribution in [0.3, 0.4) is 0 Å². The lowest BCUT2D eigenvalue weighted by atomic mass is 10.2. The Balaban J connectivity index is 1.47. The van der Waals surface area contributed by atoms with Gasteiger partial charge in [0, 0.05) is 18.0 Å².